The van der Waals surface area contributed by atoms with Crippen LogP contribution in [0.4, 0.5) is 0 Å². The summed E-state index contributed by atoms with van der Waals surface area (Å²) < 4.78 is 0. The molecule has 190 valence electrons. The summed E-state index contributed by atoms with van der Waals surface area (Å²) in [6.07, 6.45) is 0. The van der Waals surface area contributed by atoms with Crippen LogP contribution in [0.5, 0.6) is 0 Å². The Morgan fingerprint density at radius 3 is 0.639 bits per heavy atom. The fraction of sp³-hybridized carbons (Fsp3) is 0.0769. The standard InChI is InChI=1S/2C13H13P.6ClH.2Sn/c2*1-14(12-8-4-2-5-9-12)13-10-6-3-7-11-13;;;;;;;;/h2*2-11H,1H3;6*1H;;/q;;;;;;;;2*+3/p-6. The van der Waals surface area contributed by atoms with E-state index in [0.717, 1.165) is 0 Å². The van der Waals surface area contributed by atoms with E-state index in [1.807, 2.05) is 0 Å². The molecule has 4 aromatic rings. The molecular weight excluding hydrogens is 824 g/mol. The summed E-state index contributed by atoms with van der Waals surface area (Å²) in [5.41, 5.74) is 0. The van der Waals surface area contributed by atoms with Crippen molar-refractivity contribution in [1.82, 2.24) is 0 Å². The molecule has 0 unspecified atom stereocenters. The van der Waals surface area contributed by atoms with Crippen LogP contribution in [0.1, 0.15) is 0 Å². The number of hydrogen-bond donors (Lipinski definition) is 0. The van der Waals surface area contributed by atoms with Gasteiger partial charge in [-0.15, -0.1) is 0 Å². The van der Waals surface area contributed by atoms with Crippen LogP contribution in [-0.2, 0) is 0 Å². The van der Waals surface area contributed by atoms with Crippen molar-refractivity contribution in [3.63, 3.8) is 0 Å². The third-order valence-corrected chi connectivity index (χ3v) is 8.86. The molecule has 0 nitrogen and oxygen atoms in total. The maximum atomic E-state index is 5.00. The van der Waals surface area contributed by atoms with Gasteiger partial charge in [-0.1, -0.05) is 121 Å². The molecular formula is C26H26Cl6P2Sn2. The number of halogens is 6. The summed E-state index contributed by atoms with van der Waals surface area (Å²) in [5, 5.41) is 5.75. The Labute approximate surface area is 254 Å². The molecule has 0 spiro atoms. The number of rotatable bonds is 4. The van der Waals surface area contributed by atoms with Crippen molar-refractivity contribution in [1.29, 1.82) is 0 Å². The first kappa shape index (κ1) is 35.1. The summed E-state index contributed by atoms with van der Waals surface area (Å²) in [7, 11) is 29.7. The number of hydrogen-bond acceptors (Lipinski definition) is 0. The third kappa shape index (κ3) is 16.9. The van der Waals surface area contributed by atoms with Crippen molar-refractivity contribution >= 4 is 123 Å². The van der Waals surface area contributed by atoms with Crippen LogP contribution in [0.25, 0.3) is 0 Å². The van der Waals surface area contributed by atoms with Crippen molar-refractivity contribution in [2.45, 2.75) is 0 Å². The molecule has 0 fully saturated rings. The van der Waals surface area contributed by atoms with E-state index in [2.05, 4.69) is 135 Å². The van der Waals surface area contributed by atoms with Gasteiger partial charge in [-0.2, -0.15) is 0 Å². The van der Waals surface area contributed by atoms with E-state index < -0.39 is 32.8 Å². The Hall–Kier alpha value is 1.08. The van der Waals surface area contributed by atoms with Gasteiger partial charge in [-0.3, -0.25) is 0 Å². The van der Waals surface area contributed by atoms with Gasteiger partial charge in [-0.25, -0.2) is 0 Å². The predicted molar refractivity (Wildman–Crippen MR) is 177 cm³/mol. The van der Waals surface area contributed by atoms with Gasteiger partial charge in [0.15, 0.2) is 0 Å². The van der Waals surface area contributed by atoms with Gasteiger partial charge >= 0.3 is 86.3 Å². The van der Waals surface area contributed by atoms with Gasteiger partial charge in [0.2, 0.25) is 0 Å². The molecule has 0 amide bonds. The van der Waals surface area contributed by atoms with E-state index in [-0.39, 0.29) is 15.8 Å². The topological polar surface area (TPSA) is 0 Å². The van der Waals surface area contributed by atoms with Gasteiger partial charge < -0.3 is 0 Å². The van der Waals surface area contributed by atoms with Crippen LogP contribution < -0.4 is 21.2 Å². The van der Waals surface area contributed by atoms with E-state index in [4.69, 9.17) is 53.5 Å². The quantitative estimate of drug-likeness (QED) is 0.142. The Bertz CT molecular complexity index is 875. The van der Waals surface area contributed by atoms with E-state index in [0.29, 0.717) is 0 Å². The fourth-order valence-electron chi connectivity index (χ4n) is 2.90. The molecule has 0 aliphatic carbocycles. The minimum atomic E-state index is -2.13. The molecule has 0 atom stereocenters. The molecule has 0 saturated heterocycles. The monoisotopic (exact) mass is 850 g/mol. The van der Waals surface area contributed by atoms with Gasteiger partial charge in [0.25, 0.3) is 0 Å². The SMILES string of the molecule is CP(c1ccccc1)c1ccccc1.CP(c1ccccc1)c1ccccc1.[Cl][Sn]([Cl])[Cl].[Cl][Sn]([Cl])[Cl]. The molecule has 0 bridgehead atoms. The molecule has 0 heterocycles. The minimum absolute atomic E-state index is 0.171. The van der Waals surface area contributed by atoms with E-state index >= 15 is 0 Å². The summed E-state index contributed by atoms with van der Waals surface area (Å²) in [6.45, 7) is 4.61. The molecule has 0 saturated carbocycles. The Morgan fingerprint density at radius 1 is 0.361 bits per heavy atom. The van der Waals surface area contributed by atoms with E-state index in [1.165, 1.54) is 21.2 Å². The van der Waals surface area contributed by atoms with Gasteiger partial charge in [-0.05, 0) is 50.4 Å². The first-order valence-electron chi connectivity index (χ1n) is 10.6. The first-order valence-corrected chi connectivity index (χ1v) is 35.8. The molecule has 10 heteroatoms. The Balaban J connectivity index is 0.000000279. The Kier molecular flexibility index (Phi) is 21.3. The molecule has 0 aromatic heterocycles. The molecule has 4 aromatic carbocycles. The average molecular weight is 851 g/mol. The second-order valence-electron chi connectivity index (χ2n) is 6.89. The van der Waals surface area contributed by atoms with E-state index in [9.17, 15) is 0 Å². The van der Waals surface area contributed by atoms with Gasteiger partial charge in [0.1, 0.15) is 0 Å². The van der Waals surface area contributed by atoms with Crippen molar-refractivity contribution in [3.8, 4) is 0 Å². The van der Waals surface area contributed by atoms with Crippen molar-refractivity contribution in [2.75, 3.05) is 13.3 Å². The second kappa shape index (κ2) is 21.8. The van der Waals surface area contributed by atoms with Crippen LogP contribution >= 0.6 is 69.4 Å². The third-order valence-electron chi connectivity index (χ3n) is 4.57. The van der Waals surface area contributed by atoms with Crippen molar-refractivity contribution in [2.24, 2.45) is 0 Å². The summed E-state index contributed by atoms with van der Waals surface area (Å²) in [5.74, 6) is 0. The van der Waals surface area contributed by atoms with Crippen LogP contribution in [0.2, 0.25) is 0 Å². The van der Waals surface area contributed by atoms with Gasteiger partial charge in [0, 0.05) is 0 Å². The molecule has 4 rings (SSSR count). The first-order chi connectivity index (χ1) is 17.2. The normalized spacial score (nSPS) is 10.1. The predicted octanol–water partition coefficient (Wildman–Crippen LogP) is 8.87. The summed E-state index contributed by atoms with van der Waals surface area (Å²) in [4.78, 5) is 0. The Morgan fingerprint density at radius 2 is 0.500 bits per heavy atom. The fourth-order valence-corrected chi connectivity index (χ4v) is 5.98. The molecule has 2 radical (unpaired) electrons. The second-order valence-corrected chi connectivity index (χ2v) is 36.6. The molecule has 0 N–H and O–H groups in total. The molecule has 36 heavy (non-hydrogen) atoms. The van der Waals surface area contributed by atoms with Crippen molar-refractivity contribution in [3.05, 3.63) is 121 Å². The summed E-state index contributed by atoms with van der Waals surface area (Å²) in [6, 6.07) is 42.8. The number of benzene rings is 4. The van der Waals surface area contributed by atoms with Crippen LogP contribution in [-0.4, -0.2) is 46.1 Å². The van der Waals surface area contributed by atoms with Crippen molar-refractivity contribution < 1.29 is 0 Å². The van der Waals surface area contributed by atoms with Crippen LogP contribution in [0.3, 0.4) is 0 Å². The zero-order valence-electron chi connectivity index (χ0n) is 19.7. The maximum absolute atomic E-state index is 5.00. The average Bonchev–Trinajstić information content (AvgIpc) is 2.89. The summed E-state index contributed by atoms with van der Waals surface area (Å²) >= 11 is -4.25. The van der Waals surface area contributed by atoms with Crippen LogP contribution in [0.15, 0.2) is 121 Å². The van der Waals surface area contributed by atoms with E-state index in [1.54, 1.807) is 0 Å². The molecule has 0 aliphatic rings. The zero-order valence-corrected chi connectivity index (χ0v) is 31.7. The zero-order chi connectivity index (χ0) is 26.8. The molecule has 0 aliphatic heterocycles. The van der Waals surface area contributed by atoms with Crippen LogP contribution in [0, 0.1) is 0 Å². The van der Waals surface area contributed by atoms with Gasteiger partial charge in [0.05, 0.1) is 0 Å².